The quantitative estimate of drug-likeness (QED) is 0.0443. The fourth-order valence-electron chi connectivity index (χ4n) is 15.7. The zero-order valence-electron chi connectivity index (χ0n) is 85.5. The van der Waals surface area contributed by atoms with E-state index in [9.17, 15) is 50.0 Å². The van der Waals surface area contributed by atoms with Crippen molar-refractivity contribution in [2.24, 2.45) is 0 Å². The van der Waals surface area contributed by atoms with E-state index in [-0.39, 0.29) is 59.4 Å². The molecule has 31 nitrogen and oxygen atoms in total. The van der Waals surface area contributed by atoms with Crippen LogP contribution in [0.15, 0.2) is 304 Å². The minimum Gasteiger partial charge on any atom is -1.00 e. The van der Waals surface area contributed by atoms with Crippen LogP contribution in [0.5, 0.6) is 0 Å². The van der Waals surface area contributed by atoms with Crippen LogP contribution in [0, 0.1) is 40.5 Å². The minimum atomic E-state index is -0.526. The number of hydrogen-bond donors (Lipinski definition) is 3. The van der Waals surface area contributed by atoms with Gasteiger partial charge in [-0.1, -0.05) is 58.8 Å². The fourth-order valence-corrected chi connectivity index (χ4v) is 23.2. The van der Waals surface area contributed by atoms with E-state index < -0.39 is 19.7 Å². The van der Waals surface area contributed by atoms with Crippen LogP contribution in [-0.4, -0.2) is 182 Å². The van der Waals surface area contributed by atoms with Gasteiger partial charge in [0.1, 0.15) is 28.2 Å². The number of fused-ring (bicyclic) bond motifs is 14. The number of benzene rings is 14. The van der Waals surface area contributed by atoms with E-state index in [1.165, 1.54) is 191 Å². The van der Waals surface area contributed by atoms with Crippen LogP contribution in [0.3, 0.4) is 0 Å². The SMILES string of the molecule is CC(=O)N1c2ccc(N(C)C)cc2Sc2cc(N(C)C)ccc21.CC(=O)N1c2ccc([N+](=O)[O-])cc2Sc2cc([N+](=O)[O-])ccc21.CN(C)c1ccc2c(c1)Sc1cc(N(C)C)ccc1N2.CN(C)c1ccc2c(c1)Sc1cc(N(C)C)ccc1N2.CN(C)c1ccc2nc3ccc(=[N+](C)C)cc-3sc2c1.CN(C)c1ccc2nc3ccc(=[N+](C)C)cc-3sc2c1.Cl.O=[N+]([O-])c1ccc2c(c1)Sc1cc([N+](=O)[O-])ccc1N2.[Cl-]. The molecule has 2 aliphatic carbocycles. The fraction of sp³-hybridized carbons (Fsp3) is 0.204. The molecule has 0 fully saturated rings. The second-order valence-electron chi connectivity index (χ2n) is 36.3. The zero-order chi connectivity index (χ0) is 105. The summed E-state index contributed by atoms with van der Waals surface area (Å²) < 4.78 is 6.68. The number of non-ortho nitro benzene ring substituents is 4. The van der Waals surface area contributed by atoms with Crippen molar-refractivity contribution in [2.45, 2.75) is 62.8 Å². The first kappa shape index (κ1) is 111. The second kappa shape index (κ2) is 47.5. The molecule has 148 heavy (non-hydrogen) atoms. The van der Waals surface area contributed by atoms with Crippen LogP contribution in [0.1, 0.15) is 13.8 Å². The van der Waals surface area contributed by atoms with Gasteiger partial charge in [0.2, 0.25) is 22.5 Å². The summed E-state index contributed by atoms with van der Waals surface area (Å²) in [6, 6.07) is 81.6. The molecule has 40 heteroatoms. The summed E-state index contributed by atoms with van der Waals surface area (Å²) >= 11 is 11.4. The number of aromatic nitrogens is 2. The Labute approximate surface area is 900 Å². The van der Waals surface area contributed by atoms with Crippen molar-refractivity contribution in [1.82, 2.24) is 19.1 Å². The first-order valence-electron chi connectivity index (χ1n) is 45.9. The van der Waals surface area contributed by atoms with Gasteiger partial charge in [0.15, 0.2) is 0 Å². The van der Waals surface area contributed by atoms with E-state index >= 15 is 0 Å². The molecule has 7 heterocycles. The summed E-state index contributed by atoms with van der Waals surface area (Å²) in [7, 11) is 41.1. The smallest absolute Gasteiger partial charge is 0.270 e. The Morgan fingerprint density at radius 2 is 0.486 bits per heavy atom. The lowest BCUT2D eigenvalue weighted by atomic mass is 10.2. The van der Waals surface area contributed by atoms with E-state index in [0.29, 0.717) is 31.0 Å². The Morgan fingerprint density at radius 3 is 0.743 bits per heavy atom. The van der Waals surface area contributed by atoms with Gasteiger partial charge >= 0.3 is 0 Å². The van der Waals surface area contributed by atoms with E-state index in [1.54, 1.807) is 58.4 Å². The van der Waals surface area contributed by atoms with Gasteiger partial charge in [-0.25, -0.2) is 19.1 Å². The second-order valence-corrected chi connectivity index (χ2v) is 43.9. The highest BCUT2D eigenvalue weighted by atomic mass is 35.5. The van der Waals surface area contributed by atoms with Gasteiger partial charge in [0.25, 0.3) is 22.7 Å². The topological polar surface area (TPSA) is 307 Å². The van der Waals surface area contributed by atoms with Crippen molar-refractivity contribution >= 4 is 251 Å². The van der Waals surface area contributed by atoms with Gasteiger partial charge in [-0.3, -0.25) is 59.8 Å². The number of nitro groups is 4. The molecular weight excluding hydrogens is 2050 g/mol. The maximum Gasteiger partial charge on any atom is 0.270 e. The van der Waals surface area contributed by atoms with Crippen LogP contribution in [0.25, 0.3) is 41.6 Å². The number of carbonyl (C=O) groups excluding carboxylic acids is 2. The normalized spacial score (nSPS) is 11.7. The predicted molar refractivity (Wildman–Crippen MR) is 616 cm³/mol. The van der Waals surface area contributed by atoms with Gasteiger partial charge < -0.3 is 67.6 Å². The lowest BCUT2D eigenvalue weighted by Gasteiger charge is -2.32. The largest absolute Gasteiger partial charge is 1.00 e. The maximum absolute atomic E-state index is 12.3. The molecule has 0 bridgehead atoms. The number of nitro benzene ring substituents is 4. The summed E-state index contributed by atoms with van der Waals surface area (Å²) in [4.78, 5) is 107. The van der Waals surface area contributed by atoms with Crippen molar-refractivity contribution < 1.29 is 41.7 Å². The van der Waals surface area contributed by atoms with Crippen molar-refractivity contribution in [3.05, 3.63) is 306 Å². The number of amides is 2. The van der Waals surface area contributed by atoms with Gasteiger partial charge in [-0.05, 0) is 182 Å². The molecule has 2 amide bonds. The molecule has 0 spiro atoms. The molecule has 9 aliphatic rings. The highest BCUT2D eigenvalue weighted by Gasteiger charge is 2.32. The summed E-state index contributed by atoms with van der Waals surface area (Å²) in [6.07, 6.45) is 0. The molecule has 0 aromatic heterocycles. The van der Waals surface area contributed by atoms with E-state index in [1.807, 2.05) is 63.8 Å². The summed E-state index contributed by atoms with van der Waals surface area (Å²) in [5, 5.41) is 55.9. The average Bonchev–Trinajstić information content (AvgIpc) is 0.771. The van der Waals surface area contributed by atoms with Crippen LogP contribution in [0.4, 0.5) is 125 Å². The predicted octanol–water partition coefficient (Wildman–Crippen LogP) is 21.8. The molecule has 7 aliphatic heterocycles. The monoisotopic (exact) mass is 2160 g/mol. The summed E-state index contributed by atoms with van der Waals surface area (Å²) in [6.45, 7) is 2.98. The van der Waals surface area contributed by atoms with Crippen LogP contribution < -0.4 is 97.2 Å². The lowest BCUT2D eigenvalue weighted by Crippen LogP contribution is -3.00. The first-order valence-corrected chi connectivity index (χ1v) is 51.6. The number of anilines is 18. The van der Waals surface area contributed by atoms with Gasteiger partial charge in [-0.2, -0.15) is 0 Å². The van der Waals surface area contributed by atoms with Crippen molar-refractivity contribution in [3.63, 3.8) is 0 Å². The summed E-state index contributed by atoms with van der Waals surface area (Å²) in [5.74, 6) is -0.251. The van der Waals surface area contributed by atoms with E-state index in [0.717, 1.165) is 78.1 Å². The molecule has 0 saturated heterocycles. The molecular formula is C108H112Cl2N21O10S7+. The number of carbonyl (C=O) groups is 2. The third-order valence-corrected chi connectivity index (χ3v) is 31.5. The van der Waals surface area contributed by atoms with Crippen LogP contribution >= 0.6 is 93.9 Å². The lowest BCUT2D eigenvalue weighted by molar-refractivity contribution is -0.385. The first-order chi connectivity index (χ1) is 69.5. The highest BCUT2D eigenvalue weighted by molar-refractivity contribution is 8.00. The molecule has 3 N–H and O–H groups in total. The molecule has 21 rings (SSSR count). The maximum atomic E-state index is 12.3. The number of nitrogens with zero attached hydrogens (tertiary/aromatic N) is 18. The number of nitrogens with one attached hydrogen (secondary N) is 3. The Hall–Kier alpha value is -14.6. The van der Waals surface area contributed by atoms with Crippen LogP contribution in [0.2, 0.25) is 0 Å². The van der Waals surface area contributed by atoms with Gasteiger partial charge in [-0.15, -0.1) is 35.1 Å². The molecule has 12 aromatic carbocycles. The zero-order valence-corrected chi connectivity index (χ0v) is 92.8. The Bertz CT molecular complexity index is 7350. The Kier molecular flexibility index (Phi) is 35.5. The molecule has 764 valence electrons. The summed E-state index contributed by atoms with van der Waals surface area (Å²) in [5.41, 5.74) is 22.8. The van der Waals surface area contributed by atoms with E-state index in [4.69, 9.17) is 9.97 Å². The van der Waals surface area contributed by atoms with Crippen molar-refractivity contribution in [1.29, 1.82) is 0 Å². The highest BCUT2D eigenvalue weighted by Crippen LogP contribution is 2.55. The number of halogens is 2. The molecule has 0 saturated carbocycles. The van der Waals surface area contributed by atoms with Crippen molar-refractivity contribution in [2.75, 3.05) is 206 Å². The van der Waals surface area contributed by atoms with Gasteiger partial charge in [0, 0.05) is 294 Å². The number of hydrogen-bond acceptors (Lipinski definition) is 30. The van der Waals surface area contributed by atoms with Crippen molar-refractivity contribution in [3.8, 4) is 21.1 Å². The van der Waals surface area contributed by atoms with E-state index in [2.05, 4.69) is 347 Å². The minimum absolute atomic E-state index is 0. The molecule has 0 atom stereocenters. The third kappa shape index (κ3) is 25.6. The molecule has 0 unspecified atom stereocenters. The Balaban J connectivity index is 0.000000144. The molecule has 12 aromatic rings. The molecule has 0 radical (unpaired) electrons. The standard InChI is InChI=1S/C18H21N3OS.2C16H19N3S.2C16H18N3S.C14H9N3O5S.C12H7N3O4S.2ClH/c1-12(22)21-15-8-6-13(19(2)3)10-17(15)23-18-11-14(20(4)5)7-9-16(18)21;4*1-18(2)11-5-7-13-15(9-11)20-16-10-12(19(3)4)6-8-14(16)17-13;1-8(18)15-11-4-2-9(16(19)20)6-13(11)23-14-7-10(17(21)22)3-5-12(14)15;16-14(17)7-1-3-9-11(5-7)20-12-6-8(15(18)19)2-4-10(12)13-9;;/h6-11H,1-5H3;2*5-10,17H,1-4H3;2*5-10H,1-4H3;2-7H,1H3;1-6,13H;2*1H/q;;;2*+1;;;;/p-1. The Morgan fingerprint density at radius 1 is 0.277 bits per heavy atom. The third-order valence-electron chi connectivity index (χ3n) is 23.8. The van der Waals surface area contributed by atoms with Crippen LogP contribution in [-0.2, 0) is 9.59 Å². The van der Waals surface area contributed by atoms with Gasteiger partial charge in [0.05, 0.1) is 118 Å². The average molecular weight is 2160 g/mol. The number of rotatable bonds is 12.